The second-order valence-electron chi connectivity index (χ2n) is 9.71. The van der Waals surface area contributed by atoms with E-state index in [1.165, 1.54) is 48.1 Å². The van der Waals surface area contributed by atoms with Gasteiger partial charge < -0.3 is 30.3 Å². The number of anilines is 1. The van der Waals surface area contributed by atoms with Gasteiger partial charge in [0.25, 0.3) is 0 Å². The number of fused-ring (bicyclic) bond motifs is 1. The number of para-hydroxylation sites is 1. The van der Waals surface area contributed by atoms with Gasteiger partial charge in [0.15, 0.2) is 5.82 Å². The lowest BCUT2D eigenvalue weighted by molar-refractivity contribution is -0.146. The minimum absolute atomic E-state index is 0.0598. The number of nitrogens with one attached hydrogen (secondary N) is 1. The van der Waals surface area contributed by atoms with Crippen LogP contribution in [0.25, 0.3) is 5.52 Å². The summed E-state index contributed by atoms with van der Waals surface area (Å²) in [4.78, 5) is 16.4. The van der Waals surface area contributed by atoms with Crippen LogP contribution in [0.5, 0.6) is 5.75 Å². The number of rotatable bonds is 15. The maximum Gasteiger partial charge on any atom is 0.459 e. The predicted octanol–water partition coefficient (Wildman–Crippen LogP) is 2.46. The number of ether oxygens (including phenoxy) is 1. The molecular weight excluding hydrogens is 567 g/mol. The normalized spacial score (nSPS) is 16.6. The maximum atomic E-state index is 13.4. The molecule has 0 amide bonds. The van der Waals surface area contributed by atoms with Crippen molar-refractivity contribution < 1.29 is 38.5 Å². The van der Waals surface area contributed by atoms with Crippen LogP contribution in [0.4, 0.5) is 5.82 Å². The second-order valence-corrected chi connectivity index (χ2v) is 11.5. The number of aliphatic hydroxyl groups excluding tert-OH is 3. The van der Waals surface area contributed by atoms with Gasteiger partial charge in [-0.1, -0.05) is 44.9 Å². The Balaban J connectivity index is 1.79. The third-order valence-corrected chi connectivity index (χ3v) is 8.62. The van der Waals surface area contributed by atoms with Crippen molar-refractivity contribution in [2.24, 2.45) is 5.92 Å². The molecule has 0 bridgehead atoms. The third kappa shape index (κ3) is 7.43. The minimum Gasteiger partial charge on any atom is -0.464 e. The summed E-state index contributed by atoms with van der Waals surface area (Å²) in [5.74, 6) is -1.79. The molecular formula is C27H37N6O8P. The molecule has 2 heterocycles. The van der Waals surface area contributed by atoms with Crippen molar-refractivity contribution in [1.29, 1.82) is 5.26 Å². The maximum absolute atomic E-state index is 13.4. The summed E-state index contributed by atoms with van der Waals surface area (Å²) >= 11 is 0. The third-order valence-electron chi connectivity index (χ3n) is 7.00. The van der Waals surface area contributed by atoms with Gasteiger partial charge in [-0.2, -0.15) is 15.4 Å². The zero-order valence-corrected chi connectivity index (χ0v) is 24.7. The van der Waals surface area contributed by atoms with Crippen molar-refractivity contribution in [3.05, 3.63) is 54.0 Å². The lowest BCUT2D eigenvalue weighted by Crippen LogP contribution is -2.37. The average Bonchev–Trinajstić information content (AvgIpc) is 3.42. The first-order valence-electron chi connectivity index (χ1n) is 13.4. The van der Waals surface area contributed by atoms with E-state index in [2.05, 4.69) is 15.2 Å². The van der Waals surface area contributed by atoms with Gasteiger partial charge >= 0.3 is 13.7 Å². The highest BCUT2D eigenvalue weighted by molar-refractivity contribution is 7.52. The number of aromatic nitrogens is 3. The van der Waals surface area contributed by atoms with Gasteiger partial charge in [-0.05, 0) is 31.0 Å². The van der Waals surface area contributed by atoms with E-state index in [-0.39, 0.29) is 35.3 Å². The van der Waals surface area contributed by atoms with Gasteiger partial charge in [0.2, 0.25) is 0 Å². The zero-order chi connectivity index (χ0) is 31.0. The molecule has 3 aromatic rings. The number of carbonyl (C=O) groups is 1. The monoisotopic (exact) mass is 604 g/mol. The van der Waals surface area contributed by atoms with E-state index in [1.54, 1.807) is 6.07 Å². The van der Waals surface area contributed by atoms with Crippen molar-refractivity contribution in [3.8, 4) is 11.8 Å². The largest absolute Gasteiger partial charge is 0.464 e. The van der Waals surface area contributed by atoms with Gasteiger partial charge in [-0.3, -0.25) is 9.32 Å². The fourth-order valence-corrected chi connectivity index (χ4v) is 5.52. The molecule has 3 rings (SSSR count). The number of esters is 1. The molecule has 0 spiro atoms. The summed E-state index contributed by atoms with van der Waals surface area (Å²) in [6.45, 7) is 5.64. The van der Waals surface area contributed by atoms with Gasteiger partial charge in [0.1, 0.15) is 47.9 Å². The summed E-state index contributed by atoms with van der Waals surface area (Å²) in [7, 11) is -3.08. The van der Waals surface area contributed by atoms with Gasteiger partial charge in [-0.25, -0.2) is 14.1 Å². The summed E-state index contributed by atoms with van der Waals surface area (Å²) < 4.78 is 30.8. The fourth-order valence-electron chi connectivity index (χ4n) is 4.29. The highest BCUT2D eigenvalue weighted by Gasteiger charge is 2.38. The van der Waals surface area contributed by atoms with E-state index in [0.29, 0.717) is 5.52 Å². The van der Waals surface area contributed by atoms with Crippen molar-refractivity contribution in [2.45, 2.75) is 63.9 Å². The van der Waals surface area contributed by atoms with E-state index in [9.17, 15) is 29.9 Å². The molecule has 0 aliphatic rings. The van der Waals surface area contributed by atoms with E-state index in [4.69, 9.17) is 19.5 Å². The molecule has 1 aromatic carbocycles. The SMILES string of the molecule is CCC(CC)COC(=O)[C@H](C)NP(=O)(OC)Oc1ccccc1[C@@H](O)[C@@H](O)[C@H](O)[C@@H](C#N)c1ccc2c(N)ncnn12. The lowest BCUT2D eigenvalue weighted by Gasteiger charge is -2.28. The van der Waals surface area contributed by atoms with Crippen LogP contribution in [0.1, 0.15) is 56.9 Å². The fraction of sp³-hybridized carbons (Fsp3) is 0.481. The van der Waals surface area contributed by atoms with E-state index >= 15 is 0 Å². The Kier molecular flexibility index (Phi) is 11.4. The second kappa shape index (κ2) is 14.6. The molecule has 0 saturated heterocycles. The lowest BCUT2D eigenvalue weighted by atomic mass is 9.90. The molecule has 0 aliphatic carbocycles. The Labute approximate surface area is 243 Å². The molecule has 228 valence electrons. The zero-order valence-electron chi connectivity index (χ0n) is 23.8. The van der Waals surface area contributed by atoms with Crippen LogP contribution in [0.2, 0.25) is 0 Å². The number of nitriles is 1. The van der Waals surface area contributed by atoms with Crippen molar-refractivity contribution in [1.82, 2.24) is 19.7 Å². The van der Waals surface area contributed by atoms with Crippen molar-refractivity contribution in [3.63, 3.8) is 0 Å². The molecule has 14 nitrogen and oxygen atoms in total. The Morgan fingerprint density at radius 2 is 1.86 bits per heavy atom. The average molecular weight is 605 g/mol. The highest BCUT2D eigenvalue weighted by Crippen LogP contribution is 2.46. The quantitative estimate of drug-likeness (QED) is 0.125. The first-order valence-corrected chi connectivity index (χ1v) is 14.9. The van der Waals surface area contributed by atoms with Crippen LogP contribution in [0, 0.1) is 17.2 Å². The van der Waals surface area contributed by atoms with Crippen LogP contribution in [-0.2, 0) is 18.6 Å². The number of nitrogen functional groups attached to an aromatic ring is 1. The Bertz CT molecular complexity index is 1440. The first kappa shape index (κ1) is 32.9. The molecule has 2 aromatic heterocycles. The van der Waals surface area contributed by atoms with Crippen LogP contribution < -0.4 is 15.3 Å². The number of hydrogen-bond donors (Lipinski definition) is 5. The van der Waals surface area contributed by atoms with Crippen molar-refractivity contribution in [2.75, 3.05) is 19.5 Å². The summed E-state index contributed by atoms with van der Waals surface area (Å²) in [6.07, 6.45) is -2.65. The molecule has 0 saturated carbocycles. The molecule has 1 unspecified atom stereocenters. The van der Waals surface area contributed by atoms with Gasteiger partial charge in [0.05, 0.1) is 18.4 Å². The number of nitrogens with zero attached hydrogens (tertiary/aromatic N) is 4. The molecule has 0 radical (unpaired) electrons. The molecule has 0 aliphatic heterocycles. The van der Waals surface area contributed by atoms with E-state index < -0.39 is 44.0 Å². The number of benzene rings is 1. The Hall–Kier alpha value is -3.57. The number of nitrogens with two attached hydrogens (primary N) is 1. The Morgan fingerprint density at radius 3 is 2.50 bits per heavy atom. The topological polar surface area (TPSA) is 215 Å². The van der Waals surface area contributed by atoms with Gasteiger partial charge in [0, 0.05) is 12.7 Å². The van der Waals surface area contributed by atoms with Crippen LogP contribution in [0.3, 0.4) is 0 Å². The summed E-state index contributed by atoms with van der Waals surface area (Å²) in [6, 6.07) is 9.72. The smallest absolute Gasteiger partial charge is 0.459 e. The van der Waals surface area contributed by atoms with Crippen molar-refractivity contribution >= 4 is 25.1 Å². The molecule has 0 fully saturated rings. The summed E-state index contributed by atoms with van der Waals surface area (Å²) in [5, 5.41) is 49.4. The predicted molar refractivity (Wildman–Crippen MR) is 152 cm³/mol. The number of hydrogen-bond acceptors (Lipinski definition) is 12. The minimum atomic E-state index is -4.20. The van der Waals surface area contributed by atoms with E-state index in [1.807, 2.05) is 19.9 Å². The molecule has 6 N–H and O–H groups in total. The van der Waals surface area contributed by atoms with Crippen LogP contribution >= 0.6 is 7.75 Å². The molecule has 15 heteroatoms. The number of carbonyl (C=O) groups excluding carboxylic acids is 1. The molecule has 42 heavy (non-hydrogen) atoms. The standard InChI is InChI=1S/C27H37N6O8P/c1-5-17(6-2)14-40-27(37)16(3)32-42(38,39-4)41-22-10-8-7-9-18(22)23(34)25(36)24(35)19(13-28)20-11-12-21-26(29)30-15-31-33(20)21/h7-12,15-17,19,23-25,34-36H,5-6,14H2,1-4H3,(H,32,38)(H2,29,30,31)/t16-,19-,23+,24+,25+,42?/m0/s1. The first-order chi connectivity index (χ1) is 20.0. The number of aliphatic hydroxyl groups is 3. The highest BCUT2D eigenvalue weighted by atomic mass is 31.2. The van der Waals surface area contributed by atoms with Crippen LogP contribution in [-0.4, -0.2) is 67.9 Å². The summed E-state index contributed by atoms with van der Waals surface area (Å²) in [5.41, 5.74) is 6.40. The Morgan fingerprint density at radius 1 is 1.17 bits per heavy atom. The van der Waals surface area contributed by atoms with E-state index in [0.717, 1.165) is 20.0 Å². The van der Waals surface area contributed by atoms with Gasteiger partial charge in [-0.15, -0.1) is 0 Å². The molecule has 6 atom stereocenters. The van der Waals surface area contributed by atoms with Crippen LogP contribution in [0.15, 0.2) is 42.7 Å².